The van der Waals surface area contributed by atoms with E-state index in [9.17, 15) is 0 Å². The average Bonchev–Trinajstić information content (AvgIpc) is 2.34. The Balaban J connectivity index is 2.47. The number of hydrogen-bond donors (Lipinski definition) is 2. The molecular formula is C13H21NOS. The Morgan fingerprint density at radius 2 is 2.19 bits per heavy atom. The minimum absolute atomic E-state index is 0.303. The van der Waals surface area contributed by atoms with E-state index in [2.05, 4.69) is 36.5 Å². The van der Waals surface area contributed by atoms with Crippen LogP contribution in [-0.4, -0.2) is 24.5 Å². The van der Waals surface area contributed by atoms with E-state index in [1.54, 1.807) is 0 Å². The highest BCUT2D eigenvalue weighted by Gasteiger charge is 2.03. The van der Waals surface area contributed by atoms with Crippen molar-refractivity contribution in [2.75, 3.05) is 19.4 Å². The third-order valence-corrected chi connectivity index (χ3v) is 3.69. The van der Waals surface area contributed by atoms with Gasteiger partial charge >= 0.3 is 0 Å². The maximum atomic E-state index is 8.69. The summed E-state index contributed by atoms with van der Waals surface area (Å²) in [6.45, 7) is 2.47. The molecule has 2 nitrogen and oxygen atoms in total. The van der Waals surface area contributed by atoms with Crippen molar-refractivity contribution in [3.63, 3.8) is 0 Å². The zero-order chi connectivity index (χ0) is 11.8. The number of hydrogen-bond acceptors (Lipinski definition) is 3. The first-order valence-electron chi connectivity index (χ1n) is 5.79. The number of thioether (sulfide) groups is 1. The summed E-state index contributed by atoms with van der Waals surface area (Å²) in [5.74, 6) is 1.08. The summed E-state index contributed by atoms with van der Waals surface area (Å²) >= 11 is 1.86. The van der Waals surface area contributed by atoms with Gasteiger partial charge in [0.15, 0.2) is 0 Å². The molecule has 1 aromatic rings. The highest BCUT2D eigenvalue weighted by atomic mass is 32.2. The summed E-state index contributed by atoms with van der Waals surface area (Å²) in [5.41, 5.74) is 1.33. The van der Waals surface area contributed by atoms with Crippen molar-refractivity contribution in [1.29, 1.82) is 0 Å². The maximum absolute atomic E-state index is 8.69. The van der Waals surface area contributed by atoms with Gasteiger partial charge in [-0.25, -0.2) is 0 Å². The van der Waals surface area contributed by atoms with Crippen LogP contribution in [0.5, 0.6) is 0 Å². The van der Waals surface area contributed by atoms with Crippen LogP contribution in [-0.2, 0) is 0 Å². The highest BCUT2D eigenvalue weighted by Crippen LogP contribution is 2.23. The van der Waals surface area contributed by atoms with E-state index in [1.165, 1.54) is 10.5 Å². The van der Waals surface area contributed by atoms with Crippen LogP contribution in [0.15, 0.2) is 29.2 Å². The first kappa shape index (κ1) is 13.6. The molecule has 0 radical (unpaired) electrons. The zero-order valence-corrected chi connectivity index (χ0v) is 10.9. The molecule has 0 aromatic heterocycles. The minimum Gasteiger partial charge on any atom is -0.396 e. The third kappa shape index (κ3) is 4.56. The predicted molar refractivity (Wildman–Crippen MR) is 71.0 cm³/mol. The lowest BCUT2D eigenvalue weighted by Crippen LogP contribution is -2.11. The largest absolute Gasteiger partial charge is 0.396 e. The second-order valence-electron chi connectivity index (χ2n) is 3.86. The number of aliphatic hydroxyl groups is 1. The molecule has 0 bridgehead atoms. The Bertz CT molecular complexity index is 304. The summed E-state index contributed by atoms with van der Waals surface area (Å²) in [7, 11) is 1.98. The molecule has 0 saturated carbocycles. The van der Waals surface area contributed by atoms with Crippen molar-refractivity contribution in [2.45, 2.75) is 30.7 Å². The molecule has 0 amide bonds. The van der Waals surface area contributed by atoms with Gasteiger partial charge in [0, 0.05) is 17.5 Å². The summed E-state index contributed by atoms with van der Waals surface area (Å²) < 4.78 is 0. The molecule has 2 N–H and O–H groups in total. The van der Waals surface area contributed by atoms with Gasteiger partial charge < -0.3 is 10.4 Å². The molecule has 1 atom stereocenters. The summed E-state index contributed by atoms with van der Waals surface area (Å²) in [6.07, 6.45) is 1.98. The fourth-order valence-electron chi connectivity index (χ4n) is 1.44. The molecule has 0 fully saturated rings. The van der Waals surface area contributed by atoms with Gasteiger partial charge in [0.25, 0.3) is 0 Å². The molecule has 0 heterocycles. The van der Waals surface area contributed by atoms with Crippen LogP contribution in [0.1, 0.15) is 31.4 Å². The van der Waals surface area contributed by atoms with Crippen molar-refractivity contribution in [3.05, 3.63) is 29.8 Å². The fourth-order valence-corrected chi connectivity index (χ4v) is 2.42. The van der Waals surface area contributed by atoms with Gasteiger partial charge in [-0.15, -0.1) is 11.8 Å². The topological polar surface area (TPSA) is 32.3 Å². The molecule has 3 heteroatoms. The number of nitrogens with one attached hydrogen (secondary N) is 1. The van der Waals surface area contributed by atoms with Crippen LogP contribution in [0.25, 0.3) is 0 Å². The third-order valence-electron chi connectivity index (χ3n) is 2.61. The van der Waals surface area contributed by atoms with E-state index < -0.39 is 0 Å². The Hall–Kier alpha value is -0.510. The molecule has 90 valence electrons. The van der Waals surface area contributed by atoms with E-state index >= 15 is 0 Å². The minimum atomic E-state index is 0.303. The van der Waals surface area contributed by atoms with Gasteiger partial charge in [0.2, 0.25) is 0 Å². The SMILES string of the molecule is CNC(C)c1cccc(SCCCCO)c1. The first-order valence-corrected chi connectivity index (χ1v) is 6.77. The van der Waals surface area contributed by atoms with Crippen molar-refractivity contribution in [1.82, 2.24) is 5.32 Å². The Kier molecular flexibility index (Phi) is 6.53. The predicted octanol–water partition coefficient (Wildman–Crippen LogP) is 2.83. The van der Waals surface area contributed by atoms with E-state index in [1.807, 2.05) is 18.8 Å². The Morgan fingerprint density at radius 3 is 2.88 bits per heavy atom. The van der Waals surface area contributed by atoms with Crippen molar-refractivity contribution < 1.29 is 5.11 Å². The smallest absolute Gasteiger partial charge is 0.0431 e. The quantitative estimate of drug-likeness (QED) is 0.567. The van der Waals surface area contributed by atoms with Gasteiger partial charge in [0.1, 0.15) is 0 Å². The normalized spacial score (nSPS) is 12.7. The van der Waals surface area contributed by atoms with E-state index in [4.69, 9.17) is 5.11 Å². The van der Waals surface area contributed by atoms with Gasteiger partial charge in [-0.2, -0.15) is 0 Å². The lowest BCUT2D eigenvalue weighted by Gasteiger charge is -2.11. The second-order valence-corrected chi connectivity index (χ2v) is 5.03. The lowest BCUT2D eigenvalue weighted by molar-refractivity contribution is 0.287. The molecule has 0 aliphatic rings. The standard InChI is InChI=1S/C13H21NOS/c1-11(14-2)12-6-5-7-13(10-12)16-9-4-3-8-15/h5-7,10-11,14-15H,3-4,8-9H2,1-2H3. The van der Waals surface area contributed by atoms with E-state index in [0.29, 0.717) is 12.6 Å². The Morgan fingerprint density at radius 1 is 1.38 bits per heavy atom. The molecule has 1 unspecified atom stereocenters. The molecular weight excluding hydrogens is 218 g/mol. The van der Waals surface area contributed by atoms with Crippen LogP contribution < -0.4 is 5.32 Å². The number of benzene rings is 1. The Labute approximate surface area is 102 Å². The number of aliphatic hydroxyl groups excluding tert-OH is 1. The second kappa shape index (κ2) is 7.71. The summed E-state index contributed by atoms with van der Waals surface area (Å²) in [6, 6.07) is 9.05. The molecule has 1 rings (SSSR count). The van der Waals surface area contributed by atoms with Crippen molar-refractivity contribution >= 4 is 11.8 Å². The molecule has 0 aliphatic carbocycles. The summed E-state index contributed by atoms with van der Waals surface area (Å²) in [5, 5.41) is 11.9. The fraction of sp³-hybridized carbons (Fsp3) is 0.538. The van der Waals surface area contributed by atoms with Gasteiger partial charge in [-0.3, -0.25) is 0 Å². The van der Waals surface area contributed by atoms with Crippen LogP contribution >= 0.6 is 11.8 Å². The average molecular weight is 239 g/mol. The first-order chi connectivity index (χ1) is 7.77. The highest BCUT2D eigenvalue weighted by molar-refractivity contribution is 7.99. The van der Waals surface area contributed by atoms with Gasteiger partial charge in [-0.05, 0) is 50.3 Å². The molecule has 0 spiro atoms. The summed E-state index contributed by atoms with van der Waals surface area (Å²) in [4.78, 5) is 1.32. The molecule has 1 aromatic carbocycles. The molecule has 16 heavy (non-hydrogen) atoms. The number of rotatable bonds is 7. The van der Waals surface area contributed by atoms with Crippen LogP contribution in [0, 0.1) is 0 Å². The van der Waals surface area contributed by atoms with Crippen molar-refractivity contribution in [2.24, 2.45) is 0 Å². The van der Waals surface area contributed by atoms with Crippen LogP contribution in [0.4, 0.5) is 0 Å². The molecule has 0 aliphatic heterocycles. The van der Waals surface area contributed by atoms with Gasteiger partial charge in [-0.1, -0.05) is 12.1 Å². The molecule has 0 saturated heterocycles. The van der Waals surface area contributed by atoms with E-state index in [0.717, 1.165) is 18.6 Å². The lowest BCUT2D eigenvalue weighted by atomic mass is 10.1. The van der Waals surface area contributed by atoms with E-state index in [-0.39, 0.29) is 0 Å². The van der Waals surface area contributed by atoms with Crippen molar-refractivity contribution in [3.8, 4) is 0 Å². The van der Waals surface area contributed by atoms with Gasteiger partial charge in [0.05, 0.1) is 0 Å². The van der Waals surface area contributed by atoms with Crippen LogP contribution in [0.2, 0.25) is 0 Å². The zero-order valence-electron chi connectivity index (χ0n) is 10.1. The van der Waals surface area contributed by atoms with Crippen LogP contribution in [0.3, 0.4) is 0 Å². The number of unbranched alkanes of at least 4 members (excludes halogenated alkanes) is 1. The maximum Gasteiger partial charge on any atom is 0.0431 e. The monoisotopic (exact) mass is 239 g/mol.